The molecule has 2 N–H and O–H groups in total. The number of fused-ring (bicyclic) bond motifs is 8. The number of aromatic amines is 2. The van der Waals surface area contributed by atoms with Gasteiger partial charge in [-0.2, -0.15) is 0 Å². The third-order valence-electron chi connectivity index (χ3n) is 10.3. The molecule has 258 valence electrons. The Hall–Kier alpha value is -3.75. The minimum atomic E-state index is 0.118. The maximum atomic E-state index is 13.3. The first kappa shape index (κ1) is 35.6. The lowest BCUT2D eigenvalue weighted by Gasteiger charge is -2.20. The van der Waals surface area contributed by atoms with Crippen LogP contribution in [0, 0.1) is 20.8 Å². The molecule has 2 aliphatic rings. The van der Waals surface area contributed by atoms with Crippen LogP contribution in [-0.2, 0) is 20.7 Å². The van der Waals surface area contributed by atoms with Gasteiger partial charge < -0.3 is 24.3 Å². The Morgan fingerprint density at radius 1 is 0.812 bits per heavy atom. The zero-order valence-electron chi connectivity index (χ0n) is 30.6. The van der Waals surface area contributed by atoms with Crippen molar-refractivity contribution in [1.82, 2.24) is 24.8 Å². The van der Waals surface area contributed by atoms with Crippen LogP contribution in [0.5, 0.6) is 0 Å². The fourth-order valence-corrected chi connectivity index (χ4v) is 7.16. The molecule has 3 aromatic rings. The molecule has 0 spiro atoms. The Labute approximate surface area is 286 Å². The Morgan fingerprint density at radius 3 is 2.21 bits per heavy atom. The number of aryl methyl sites for hydroxylation is 4. The molecule has 0 saturated carbocycles. The van der Waals surface area contributed by atoms with Gasteiger partial charge in [0.15, 0.2) is 0 Å². The second kappa shape index (κ2) is 15.6. The fraction of sp³-hybridized carbons (Fsp3) is 0.525. The number of rotatable bonds is 13. The summed E-state index contributed by atoms with van der Waals surface area (Å²) in [6, 6.07) is 8.88. The second-order valence-electron chi connectivity index (χ2n) is 13.5. The number of ether oxygens (including phenoxy) is 2. The van der Waals surface area contributed by atoms with Crippen LogP contribution in [0.15, 0.2) is 24.3 Å². The van der Waals surface area contributed by atoms with Crippen molar-refractivity contribution in [3.8, 4) is 0 Å². The van der Waals surface area contributed by atoms with Crippen molar-refractivity contribution in [3.63, 3.8) is 0 Å². The maximum Gasteiger partial charge on any atom is 0.222 e. The standard InChI is InChI=1S/C40H55N5O3/c1-10-16-47-18-19-48-17-15-45(9)39(46)14-13-31-27(7)36-22-34-25(5)30(12-3)38(42-34)23-35-26(6)29(11-2)37(43-35)21-32-24(4)20-33(41-32)28(8)40(31)44-36/h20-23,27,31,41-42H,10-19H2,1-9H3/t27-,31-/m0/s1. The Morgan fingerprint density at radius 2 is 1.50 bits per heavy atom. The molecule has 0 saturated heterocycles. The van der Waals surface area contributed by atoms with E-state index < -0.39 is 0 Å². The lowest BCUT2D eigenvalue weighted by atomic mass is 9.86. The summed E-state index contributed by atoms with van der Waals surface area (Å²) in [5.74, 6) is 0.406. The van der Waals surface area contributed by atoms with E-state index in [1.807, 2.05) is 7.05 Å². The number of hydrogen-bond acceptors (Lipinski definition) is 5. The molecule has 0 radical (unpaired) electrons. The molecule has 1 amide bonds. The molecule has 0 fully saturated rings. The van der Waals surface area contributed by atoms with Gasteiger partial charge in [-0.05, 0) is 111 Å². The lowest BCUT2D eigenvalue weighted by Crippen LogP contribution is -2.30. The Bertz CT molecular complexity index is 1830. The van der Waals surface area contributed by atoms with E-state index in [1.165, 1.54) is 27.8 Å². The van der Waals surface area contributed by atoms with Gasteiger partial charge in [-0.15, -0.1) is 0 Å². The predicted molar refractivity (Wildman–Crippen MR) is 197 cm³/mol. The average molecular weight is 654 g/mol. The quantitative estimate of drug-likeness (QED) is 0.180. The summed E-state index contributed by atoms with van der Waals surface area (Å²) in [7, 11) is 1.87. The van der Waals surface area contributed by atoms with Gasteiger partial charge in [0.25, 0.3) is 0 Å². The number of carbonyl (C=O) groups is 1. The van der Waals surface area contributed by atoms with Gasteiger partial charge in [0.05, 0.1) is 31.2 Å². The molecule has 2 aliphatic heterocycles. The highest BCUT2D eigenvalue weighted by Gasteiger charge is 2.31. The van der Waals surface area contributed by atoms with Crippen molar-refractivity contribution in [1.29, 1.82) is 0 Å². The van der Waals surface area contributed by atoms with Crippen LogP contribution in [0.3, 0.4) is 0 Å². The van der Waals surface area contributed by atoms with Crippen LogP contribution < -0.4 is 0 Å². The van der Waals surface area contributed by atoms with Crippen molar-refractivity contribution < 1.29 is 14.3 Å². The summed E-state index contributed by atoms with van der Waals surface area (Å²) in [6.07, 6.45) is 4.03. The van der Waals surface area contributed by atoms with Crippen LogP contribution in [-0.4, -0.2) is 70.8 Å². The van der Waals surface area contributed by atoms with Gasteiger partial charge >= 0.3 is 0 Å². The van der Waals surface area contributed by atoms with Crippen LogP contribution in [0.2, 0.25) is 0 Å². The molecule has 3 aromatic heterocycles. The van der Waals surface area contributed by atoms with Gasteiger partial charge in [0, 0.05) is 71.9 Å². The van der Waals surface area contributed by atoms with Crippen LogP contribution in [0.25, 0.3) is 33.2 Å². The number of H-pyrrole nitrogens is 2. The topological polar surface area (TPSA) is 96.1 Å². The smallest absolute Gasteiger partial charge is 0.222 e. The Kier molecular flexibility index (Phi) is 11.6. The largest absolute Gasteiger partial charge is 0.379 e. The highest BCUT2D eigenvalue weighted by atomic mass is 16.5. The fourth-order valence-electron chi connectivity index (χ4n) is 7.16. The summed E-state index contributed by atoms with van der Waals surface area (Å²) in [5, 5.41) is 0. The number of nitrogens with one attached hydrogen (secondary N) is 2. The summed E-state index contributed by atoms with van der Waals surface area (Å²) in [6.45, 7) is 20.4. The molecule has 8 nitrogen and oxygen atoms in total. The van der Waals surface area contributed by atoms with E-state index in [0.717, 1.165) is 82.7 Å². The van der Waals surface area contributed by atoms with Crippen LogP contribution in [0.1, 0.15) is 117 Å². The molecule has 0 unspecified atom stereocenters. The highest BCUT2D eigenvalue weighted by Crippen LogP contribution is 2.42. The number of aromatic nitrogens is 4. The number of carbonyl (C=O) groups excluding carboxylic acids is 1. The summed E-state index contributed by atoms with van der Waals surface area (Å²) in [4.78, 5) is 33.0. The third-order valence-corrected chi connectivity index (χ3v) is 10.3. The zero-order chi connectivity index (χ0) is 34.5. The molecule has 2 atom stereocenters. The predicted octanol–water partition coefficient (Wildman–Crippen LogP) is 8.71. The average Bonchev–Trinajstić information content (AvgIpc) is 3.77. The van der Waals surface area contributed by atoms with Crippen molar-refractivity contribution in [2.24, 2.45) is 0 Å². The number of hydrogen-bond donors (Lipinski definition) is 2. The van der Waals surface area contributed by atoms with Crippen LogP contribution in [0.4, 0.5) is 0 Å². The molecule has 48 heavy (non-hydrogen) atoms. The van der Waals surface area contributed by atoms with Gasteiger partial charge in [0.2, 0.25) is 5.91 Å². The van der Waals surface area contributed by atoms with E-state index in [2.05, 4.69) is 89.6 Å². The first-order valence-electron chi connectivity index (χ1n) is 17.9. The number of nitrogens with zero attached hydrogens (tertiary/aromatic N) is 3. The van der Waals surface area contributed by atoms with Gasteiger partial charge in [-0.25, -0.2) is 4.98 Å². The SMILES string of the molecule is CCCOCCOCCN(C)C(=O)CC[C@@H]1c2nc(cc3[nH]c(cc4nc(cc5[nH]c(cc5C)c2C)C(CC)=C4C)c(CC)c3C)[C@H]1C. The molecular formula is C40H55N5O3. The summed E-state index contributed by atoms with van der Waals surface area (Å²) >= 11 is 0. The van der Waals surface area contributed by atoms with E-state index in [4.69, 9.17) is 19.4 Å². The first-order chi connectivity index (χ1) is 23.1. The monoisotopic (exact) mass is 653 g/mol. The van der Waals surface area contributed by atoms with Crippen molar-refractivity contribution >= 4 is 39.1 Å². The molecule has 8 bridgehead atoms. The molecule has 5 heterocycles. The zero-order valence-corrected chi connectivity index (χ0v) is 30.6. The van der Waals surface area contributed by atoms with E-state index in [1.54, 1.807) is 4.90 Å². The van der Waals surface area contributed by atoms with E-state index in [-0.39, 0.29) is 17.7 Å². The van der Waals surface area contributed by atoms with E-state index >= 15 is 0 Å². The number of allylic oxidation sites excluding steroid dienone is 2. The second-order valence-corrected chi connectivity index (χ2v) is 13.5. The first-order valence-corrected chi connectivity index (χ1v) is 17.9. The van der Waals surface area contributed by atoms with Crippen LogP contribution >= 0.6 is 0 Å². The van der Waals surface area contributed by atoms with Crippen molar-refractivity contribution in [2.75, 3.05) is 40.0 Å². The van der Waals surface area contributed by atoms with Crippen molar-refractivity contribution in [2.45, 2.75) is 99.3 Å². The molecular weight excluding hydrogens is 598 g/mol. The minimum Gasteiger partial charge on any atom is -0.379 e. The molecule has 0 aliphatic carbocycles. The van der Waals surface area contributed by atoms with Gasteiger partial charge in [-0.1, -0.05) is 27.7 Å². The maximum absolute atomic E-state index is 13.3. The van der Waals surface area contributed by atoms with E-state index in [9.17, 15) is 4.79 Å². The van der Waals surface area contributed by atoms with Gasteiger partial charge in [0.1, 0.15) is 0 Å². The normalized spacial score (nSPS) is 16.2. The minimum absolute atomic E-state index is 0.118. The third kappa shape index (κ3) is 7.45. The number of likely N-dealkylation sites (N-methyl/N-ethyl adjacent to an activating group) is 1. The number of amides is 1. The molecule has 0 aromatic carbocycles. The molecule has 5 rings (SSSR count). The summed E-state index contributed by atoms with van der Waals surface area (Å²) < 4.78 is 11.2. The lowest BCUT2D eigenvalue weighted by molar-refractivity contribution is -0.130. The summed E-state index contributed by atoms with van der Waals surface area (Å²) in [5.41, 5.74) is 15.9. The molecule has 8 heteroatoms. The van der Waals surface area contributed by atoms with E-state index in [0.29, 0.717) is 32.8 Å². The van der Waals surface area contributed by atoms with Gasteiger partial charge in [-0.3, -0.25) is 9.78 Å². The Balaban J connectivity index is 1.53. The van der Waals surface area contributed by atoms with Crippen molar-refractivity contribution in [3.05, 3.63) is 69.3 Å². The highest BCUT2D eigenvalue weighted by molar-refractivity contribution is 5.92.